The molecule has 1 aromatic carbocycles. The van der Waals surface area contributed by atoms with Crippen LogP contribution < -0.4 is 5.32 Å². The molecular weight excluding hydrogens is 285 g/mol. The Balaban J connectivity index is 2.12. The number of carbonyl (C=O) groups is 1. The summed E-state index contributed by atoms with van der Waals surface area (Å²) < 4.78 is 18.6. The molecule has 2 rings (SSSR count). The lowest BCUT2D eigenvalue weighted by molar-refractivity contribution is 0.0600. The Hall–Kier alpha value is -1.95. The topological polar surface area (TPSA) is 53.9 Å². The molecule has 1 N–H and O–H groups in total. The number of fused-ring (bicyclic) bond motifs is 1. The average Bonchev–Trinajstić information content (AvgIpc) is 2.96. The third-order valence-electron chi connectivity index (χ3n) is 3.89. The number of carbonyl (C=O) groups excluding carboxylic acids is 1. The van der Waals surface area contributed by atoms with E-state index < -0.39 is 5.97 Å². The Labute approximate surface area is 130 Å². The Morgan fingerprint density at radius 3 is 2.77 bits per heavy atom. The van der Waals surface area contributed by atoms with Gasteiger partial charge in [0.25, 0.3) is 0 Å². The second-order valence-corrected chi connectivity index (χ2v) is 5.10. The van der Waals surface area contributed by atoms with Gasteiger partial charge in [0.2, 0.25) is 0 Å². The lowest BCUT2D eigenvalue weighted by atomic mass is 10.0. The minimum Gasteiger partial charge on any atom is -0.465 e. The third kappa shape index (κ3) is 3.44. The SMILES string of the molecule is CCN(CC)CCN=C1Cc2c(C(=O)OC)ccc(F)c2N1. The van der Waals surface area contributed by atoms with E-state index in [-0.39, 0.29) is 5.82 Å². The monoisotopic (exact) mass is 307 g/mol. The molecule has 0 atom stereocenters. The van der Waals surface area contributed by atoms with Crippen LogP contribution in [-0.4, -0.2) is 50.0 Å². The first-order valence-electron chi connectivity index (χ1n) is 7.53. The van der Waals surface area contributed by atoms with Crippen molar-refractivity contribution in [1.82, 2.24) is 4.90 Å². The molecule has 1 aliphatic rings. The highest BCUT2D eigenvalue weighted by Gasteiger charge is 2.26. The van der Waals surface area contributed by atoms with Gasteiger partial charge in [0, 0.05) is 18.5 Å². The summed E-state index contributed by atoms with van der Waals surface area (Å²) in [4.78, 5) is 18.5. The molecule has 0 saturated heterocycles. The fraction of sp³-hybridized carbons (Fsp3) is 0.500. The van der Waals surface area contributed by atoms with Crippen LogP contribution in [0.5, 0.6) is 0 Å². The Bertz CT molecular complexity index is 583. The molecule has 0 aromatic heterocycles. The quantitative estimate of drug-likeness (QED) is 0.820. The van der Waals surface area contributed by atoms with Crippen molar-refractivity contribution in [3.63, 3.8) is 0 Å². The molecule has 120 valence electrons. The number of nitrogens with zero attached hydrogens (tertiary/aromatic N) is 2. The molecule has 0 aliphatic carbocycles. The Morgan fingerprint density at radius 1 is 1.41 bits per heavy atom. The zero-order valence-electron chi connectivity index (χ0n) is 13.3. The minimum absolute atomic E-state index is 0.337. The Morgan fingerprint density at radius 2 is 2.14 bits per heavy atom. The molecule has 1 heterocycles. The maximum Gasteiger partial charge on any atom is 0.338 e. The van der Waals surface area contributed by atoms with E-state index in [0.29, 0.717) is 35.6 Å². The lowest BCUT2D eigenvalue weighted by Gasteiger charge is -2.16. The number of ether oxygens (including phenoxy) is 1. The summed E-state index contributed by atoms with van der Waals surface area (Å²) in [6, 6.07) is 2.73. The van der Waals surface area contributed by atoms with Crippen molar-refractivity contribution >= 4 is 17.5 Å². The number of esters is 1. The molecule has 22 heavy (non-hydrogen) atoms. The maximum atomic E-state index is 13.9. The van der Waals surface area contributed by atoms with Gasteiger partial charge in [0.1, 0.15) is 11.7 Å². The average molecular weight is 307 g/mol. The smallest absolute Gasteiger partial charge is 0.338 e. The predicted octanol–water partition coefficient (Wildman–Crippen LogP) is 2.32. The fourth-order valence-electron chi connectivity index (χ4n) is 2.56. The molecule has 0 fully saturated rings. The lowest BCUT2D eigenvalue weighted by Crippen LogP contribution is -2.26. The van der Waals surface area contributed by atoms with E-state index in [1.54, 1.807) is 0 Å². The van der Waals surface area contributed by atoms with E-state index in [1.165, 1.54) is 19.2 Å². The first-order valence-corrected chi connectivity index (χ1v) is 7.53. The van der Waals surface area contributed by atoms with Crippen molar-refractivity contribution in [2.45, 2.75) is 20.3 Å². The van der Waals surface area contributed by atoms with Gasteiger partial charge in [-0.3, -0.25) is 4.99 Å². The first-order chi connectivity index (χ1) is 10.6. The Kier molecular flexibility index (Phi) is 5.49. The van der Waals surface area contributed by atoms with E-state index >= 15 is 0 Å². The van der Waals surface area contributed by atoms with E-state index in [4.69, 9.17) is 4.74 Å². The summed E-state index contributed by atoms with van der Waals surface area (Å²) in [6.07, 6.45) is 0.426. The van der Waals surface area contributed by atoms with Crippen LogP contribution in [0.2, 0.25) is 0 Å². The third-order valence-corrected chi connectivity index (χ3v) is 3.89. The molecule has 0 spiro atoms. The summed E-state index contributed by atoms with van der Waals surface area (Å²) in [6.45, 7) is 7.69. The molecule has 5 nitrogen and oxygen atoms in total. The molecule has 1 aliphatic heterocycles. The molecular formula is C16H22FN3O2. The number of hydrogen-bond donors (Lipinski definition) is 1. The van der Waals surface area contributed by atoms with Crippen LogP contribution in [0.3, 0.4) is 0 Å². The van der Waals surface area contributed by atoms with Gasteiger partial charge < -0.3 is 15.0 Å². The summed E-state index contributed by atoms with van der Waals surface area (Å²) in [5.41, 5.74) is 1.35. The predicted molar refractivity (Wildman–Crippen MR) is 85.2 cm³/mol. The highest BCUT2D eigenvalue weighted by Crippen LogP contribution is 2.30. The van der Waals surface area contributed by atoms with E-state index in [0.717, 1.165) is 19.6 Å². The number of likely N-dealkylation sites (N-methyl/N-ethyl adjacent to an activating group) is 1. The number of methoxy groups -OCH3 is 1. The van der Waals surface area contributed by atoms with Gasteiger partial charge in [-0.15, -0.1) is 0 Å². The van der Waals surface area contributed by atoms with Crippen molar-refractivity contribution in [3.8, 4) is 0 Å². The number of amidine groups is 1. The molecule has 0 saturated carbocycles. The number of anilines is 1. The van der Waals surface area contributed by atoms with Crippen LogP contribution in [0.1, 0.15) is 29.8 Å². The normalized spacial score (nSPS) is 15.0. The van der Waals surface area contributed by atoms with Crippen LogP contribution in [0, 0.1) is 5.82 Å². The van der Waals surface area contributed by atoms with Gasteiger partial charge in [-0.1, -0.05) is 13.8 Å². The van der Waals surface area contributed by atoms with Crippen molar-refractivity contribution in [3.05, 3.63) is 29.1 Å². The van der Waals surface area contributed by atoms with E-state index in [2.05, 4.69) is 29.1 Å². The summed E-state index contributed by atoms with van der Waals surface area (Å²) in [7, 11) is 1.32. The minimum atomic E-state index is -0.456. The summed E-state index contributed by atoms with van der Waals surface area (Å²) in [5.74, 6) is -0.142. The zero-order chi connectivity index (χ0) is 16.1. The van der Waals surface area contributed by atoms with Crippen molar-refractivity contribution in [1.29, 1.82) is 0 Å². The van der Waals surface area contributed by atoms with Gasteiger partial charge in [-0.05, 0) is 25.2 Å². The van der Waals surface area contributed by atoms with Crippen molar-refractivity contribution in [2.75, 3.05) is 38.6 Å². The molecule has 0 radical (unpaired) electrons. The van der Waals surface area contributed by atoms with Gasteiger partial charge in [-0.25, -0.2) is 9.18 Å². The highest BCUT2D eigenvalue weighted by molar-refractivity contribution is 6.07. The van der Waals surface area contributed by atoms with Gasteiger partial charge in [-0.2, -0.15) is 0 Å². The maximum absolute atomic E-state index is 13.9. The largest absolute Gasteiger partial charge is 0.465 e. The number of aliphatic imine (C=N–C) groups is 1. The standard InChI is InChI=1S/C16H22FN3O2/c1-4-20(5-2)9-8-18-14-10-12-11(16(21)22-3)6-7-13(17)15(12)19-14/h6-7H,4-5,8-10H2,1-3H3,(H,18,19). The van der Waals surface area contributed by atoms with Crippen LogP contribution in [-0.2, 0) is 11.2 Å². The zero-order valence-corrected chi connectivity index (χ0v) is 13.3. The number of rotatable bonds is 6. The van der Waals surface area contributed by atoms with Crippen molar-refractivity contribution < 1.29 is 13.9 Å². The first kappa shape index (κ1) is 16.4. The molecule has 1 aromatic rings. The van der Waals surface area contributed by atoms with Gasteiger partial charge in [0.15, 0.2) is 0 Å². The van der Waals surface area contributed by atoms with E-state index in [1.807, 2.05) is 0 Å². The summed E-state index contributed by atoms with van der Waals surface area (Å²) in [5, 5.41) is 2.98. The van der Waals surface area contributed by atoms with Crippen LogP contribution in [0.25, 0.3) is 0 Å². The molecule has 0 unspecified atom stereocenters. The van der Waals surface area contributed by atoms with Crippen LogP contribution in [0.4, 0.5) is 10.1 Å². The highest BCUT2D eigenvalue weighted by atomic mass is 19.1. The summed E-state index contributed by atoms with van der Waals surface area (Å²) >= 11 is 0. The van der Waals surface area contributed by atoms with Gasteiger partial charge in [0.05, 0.1) is 24.9 Å². The fourth-order valence-corrected chi connectivity index (χ4v) is 2.56. The molecule has 0 amide bonds. The number of nitrogens with one attached hydrogen (secondary N) is 1. The second-order valence-electron chi connectivity index (χ2n) is 5.10. The van der Waals surface area contributed by atoms with E-state index in [9.17, 15) is 9.18 Å². The number of halogens is 1. The van der Waals surface area contributed by atoms with Crippen molar-refractivity contribution in [2.24, 2.45) is 4.99 Å². The van der Waals surface area contributed by atoms with Crippen LogP contribution in [0.15, 0.2) is 17.1 Å². The molecule has 0 bridgehead atoms. The number of hydrogen-bond acceptors (Lipinski definition) is 4. The van der Waals surface area contributed by atoms with Gasteiger partial charge >= 0.3 is 5.97 Å². The molecule has 6 heteroatoms. The number of benzene rings is 1. The van der Waals surface area contributed by atoms with Crippen LogP contribution >= 0.6 is 0 Å². The second kappa shape index (κ2) is 7.35.